The van der Waals surface area contributed by atoms with Crippen molar-refractivity contribution in [1.82, 2.24) is 30.1 Å². The van der Waals surface area contributed by atoms with Crippen LogP contribution in [0.15, 0.2) is 23.0 Å². The lowest BCUT2D eigenvalue weighted by molar-refractivity contribution is 0.0368. The van der Waals surface area contributed by atoms with Crippen LogP contribution in [-0.4, -0.2) is 49.3 Å². The van der Waals surface area contributed by atoms with Gasteiger partial charge >= 0.3 is 0 Å². The van der Waals surface area contributed by atoms with Crippen molar-refractivity contribution in [2.75, 3.05) is 13.2 Å². The van der Waals surface area contributed by atoms with Crippen LogP contribution in [0.3, 0.4) is 0 Å². The molecule has 3 aromatic rings. The minimum atomic E-state index is -0.211. The third-order valence-corrected chi connectivity index (χ3v) is 7.59. The van der Waals surface area contributed by atoms with E-state index in [9.17, 15) is 4.79 Å². The maximum Gasteiger partial charge on any atom is 0.252 e. The highest BCUT2D eigenvalue weighted by Crippen LogP contribution is 2.33. The lowest BCUT2D eigenvalue weighted by atomic mass is 9.97. The number of benzene rings is 1. The fourth-order valence-corrected chi connectivity index (χ4v) is 5.03. The number of tetrazole rings is 1. The first-order valence-electron chi connectivity index (χ1n) is 12.9. The molecule has 35 heavy (non-hydrogen) atoms. The van der Waals surface area contributed by atoms with Crippen LogP contribution in [0.2, 0.25) is 0 Å². The van der Waals surface area contributed by atoms with Crippen molar-refractivity contribution >= 4 is 10.9 Å². The number of hydrogen-bond donors (Lipinski definition) is 1. The van der Waals surface area contributed by atoms with Gasteiger partial charge in [-0.25, -0.2) is 4.68 Å². The molecule has 1 fully saturated rings. The smallest absolute Gasteiger partial charge is 0.252 e. The molecule has 0 aliphatic carbocycles. The molecule has 4 rings (SSSR count). The number of fused-ring (bicyclic) bond motifs is 1. The summed E-state index contributed by atoms with van der Waals surface area (Å²) >= 11 is 0. The van der Waals surface area contributed by atoms with E-state index in [-0.39, 0.29) is 29.2 Å². The van der Waals surface area contributed by atoms with Crippen LogP contribution in [-0.2, 0) is 16.8 Å². The Labute approximate surface area is 208 Å². The summed E-state index contributed by atoms with van der Waals surface area (Å²) in [6.07, 6.45) is 3.15. The number of H-pyrrole nitrogens is 1. The van der Waals surface area contributed by atoms with Gasteiger partial charge in [0, 0.05) is 30.8 Å². The van der Waals surface area contributed by atoms with Gasteiger partial charge in [0.25, 0.3) is 5.56 Å². The Kier molecular flexibility index (Phi) is 7.43. The van der Waals surface area contributed by atoms with E-state index in [0.717, 1.165) is 54.7 Å². The number of hydrogen-bond acceptors (Lipinski definition) is 6. The zero-order chi connectivity index (χ0) is 25.3. The van der Waals surface area contributed by atoms with Crippen molar-refractivity contribution in [3.8, 4) is 0 Å². The predicted octanol–water partition coefficient (Wildman–Crippen LogP) is 4.65. The Bertz CT molecular complexity index is 1220. The molecule has 1 aromatic carbocycles. The second-order valence-corrected chi connectivity index (χ2v) is 11.0. The van der Waals surface area contributed by atoms with Crippen LogP contribution in [0.25, 0.3) is 10.9 Å². The molecule has 8 nitrogen and oxygen atoms in total. The van der Waals surface area contributed by atoms with Gasteiger partial charge in [-0.1, -0.05) is 20.8 Å². The zero-order valence-electron chi connectivity index (χ0n) is 22.3. The summed E-state index contributed by atoms with van der Waals surface area (Å²) in [5.74, 6) is 1.08. The van der Waals surface area contributed by atoms with Crippen LogP contribution in [0.5, 0.6) is 0 Å². The van der Waals surface area contributed by atoms with E-state index >= 15 is 0 Å². The Hall–Kier alpha value is -2.58. The van der Waals surface area contributed by atoms with Gasteiger partial charge in [-0.05, 0) is 98.0 Å². The van der Waals surface area contributed by atoms with E-state index in [2.05, 4.69) is 86.0 Å². The summed E-state index contributed by atoms with van der Waals surface area (Å²) in [6.45, 7) is 17.1. The van der Waals surface area contributed by atoms with Gasteiger partial charge in [0.1, 0.15) is 0 Å². The largest absolute Gasteiger partial charge is 0.377 e. The first-order chi connectivity index (χ1) is 16.6. The number of nitrogens with one attached hydrogen (secondary N) is 1. The number of ether oxygens (including phenoxy) is 1. The van der Waals surface area contributed by atoms with Crippen molar-refractivity contribution in [2.45, 2.75) is 92.0 Å². The molecule has 1 aliphatic heterocycles. The summed E-state index contributed by atoms with van der Waals surface area (Å²) in [5.41, 5.74) is 3.75. The highest BCUT2D eigenvalue weighted by Gasteiger charge is 2.35. The van der Waals surface area contributed by atoms with Gasteiger partial charge in [-0.3, -0.25) is 9.69 Å². The SMILES string of the molecule is CCC(C)(C)n1nnnc1[C@@H](C(C)C)N(Cc1cc2cc(C)c(C)cc2[nH]c1=O)C[C@@H]1CCCO1. The molecule has 0 unspecified atom stereocenters. The summed E-state index contributed by atoms with van der Waals surface area (Å²) in [5, 5.41) is 14.0. The van der Waals surface area contributed by atoms with E-state index < -0.39 is 0 Å². The van der Waals surface area contributed by atoms with E-state index in [0.29, 0.717) is 6.54 Å². The number of aromatic nitrogens is 5. The fraction of sp³-hybridized carbons (Fsp3) is 0.630. The molecule has 0 saturated carbocycles. The van der Waals surface area contributed by atoms with Crippen molar-refractivity contribution in [2.24, 2.45) is 5.92 Å². The molecule has 1 saturated heterocycles. The molecule has 2 aromatic heterocycles. The van der Waals surface area contributed by atoms with E-state index in [1.54, 1.807) is 0 Å². The number of pyridine rings is 1. The van der Waals surface area contributed by atoms with Gasteiger partial charge in [0.2, 0.25) is 0 Å². The minimum Gasteiger partial charge on any atom is -0.377 e. The fourth-order valence-electron chi connectivity index (χ4n) is 5.03. The Morgan fingerprint density at radius 3 is 2.63 bits per heavy atom. The quantitative estimate of drug-likeness (QED) is 0.479. The lowest BCUT2D eigenvalue weighted by Crippen LogP contribution is -2.41. The molecular formula is C27H40N6O2. The van der Waals surface area contributed by atoms with Crippen molar-refractivity contribution in [3.05, 3.63) is 51.1 Å². The second-order valence-electron chi connectivity index (χ2n) is 11.0. The van der Waals surface area contributed by atoms with Crippen LogP contribution in [0, 0.1) is 19.8 Å². The molecular weight excluding hydrogens is 440 g/mol. The van der Waals surface area contributed by atoms with Gasteiger partial charge in [-0.2, -0.15) is 0 Å². The van der Waals surface area contributed by atoms with Crippen LogP contribution in [0.1, 0.15) is 82.4 Å². The van der Waals surface area contributed by atoms with Gasteiger partial charge in [0.15, 0.2) is 5.82 Å². The monoisotopic (exact) mass is 480 g/mol. The molecule has 2 atom stereocenters. The topological polar surface area (TPSA) is 88.9 Å². The standard InChI is InChI=1S/C27H40N6O2/c1-8-27(6,7)33-25(29-30-31-33)24(17(2)3)32(16-22-10-9-11-35-22)15-21-14-20-12-18(4)19(5)13-23(20)28-26(21)34/h12-14,17,22,24H,8-11,15-16H2,1-7H3,(H,28,34)/t22-,24+/m0/s1. The molecule has 8 heteroatoms. The molecule has 1 N–H and O–H groups in total. The number of rotatable bonds is 9. The lowest BCUT2D eigenvalue weighted by Gasteiger charge is -2.36. The molecule has 0 bridgehead atoms. The van der Waals surface area contributed by atoms with Crippen LogP contribution >= 0.6 is 0 Å². The maximum atomic E-state index is 13.2. The first-order valence-corrected chi connectivity index (χ1v) is 12.9. The summed E-state index contributed by atoms with van der Waals surface area (Å²) in [6, 6.07) is 6.19. The normalized spacial score (nSPS) is 17.7. The maximum absolute atomic E-state index is 13.2. The van der Waals surface area contributed by atoms with Gasteiger partial charge in [-0.15, -0.1) is 5.10 Å². The van der Waals surface area contributed by atoms with Gasteiger partial charge < -0.3 is 9.72 Å². The van der Waals surface area contributed by atoms with E-state index in [1.807, 2.05) is 10.7 Å². The predicted molar refractivity (Wildman–Crippen MR) is 138 cm³/mol. The average Bonchev–Trinajstić information content (AvgIpc) is 3.48. The highest BCUT2D eigenvalue weighted by atomic mass is 16.5. The molecule has 0 radical (unpaired) electrons. The molecule has 1 aliphatic rings. The van der Waals surface area contributed by atoms with Crippen molar-refractivity contribution < 1.29 is 4.74 Å². The number of nitrogens with zero attached hydrogens (tertiary/aromatic N) is 5. The summed E-state index contributed by atoms with van der Waals surface area (Å²) in [4.78, 5) is 18.7. The molecule has 190 valence electrons. The van der Waals surface area contributed by atoms with Crippen molar-refractivity contribution in [3.63, 3.8) is 0 Å². The van der Waals surface area contributed by atoms with Gasteiger partial charge in [0.05, 0.1) is 17.7 Å². The first kappa shape index (κ1) is 25.5. The average molecular weight is 481 g/mol. The molecule has 0 spiro atoms. The Balaban J connectivity index is 1.77. The molecule has 3 heterocycles. The van der Waals surface area contributed by atoms with E-state index in [1.165, 1.54) is 11.1 Å². The minimum absolute atomic E-state index is 0.0471. The Morgan fingerprint density at radius 2 is 1.97 bits per heavy atom. The van der Waals surface area contributed by atoms with Crippen LogP contribution < -0.4 is 5.56 Å². The highest BCUT2D eigenvalue weighted by molar-refractivity contribution is 5.80. The Morgan fingerprint density at radius 1 is 1.23 bits per heavy atom. The second kappa shape index (κ2) is 10.2. The molecule has 0 amide bonds. The van der Waals surface area contributed by atoms with E-state index in [4.69, 9.17) is 4.74 Å². The van der Waals surface area contributed by atoms with Crippen LogP contribution in [0.4, 0.5) is 0 Å². The summed E-state index contributed by atoms with van der Waals surface area (Å²) in [7, 11) is 0. The summed E-state index contributed by atoms with van der Waals surface area (Å²) < 4.78 is 8.00. The van der Waals surface area contributed by atoms with Crippen molar-refractivity contribution in [1.29, 1.82) is 0 Å². The third kappa shape index (κ3) is 5.33. The third-order valence-electron chi connectivity index (χ3n) is 7.59. The zero-order valence-corrected chi connectivity index (χ0v) is 22.3. The number of aryl methyl sites for hydroxylation is 2. The number of aromatic amines is 1.